The van der Waals surface area contributed by atoms with E-state index in [4.69, 9.17) is 4.42 Å². The molecule has 6 nitrogen and oxygen atoms in total. The fourth-order valence-corrected chi connectivity index (χ4v) is 2.76. The Morgan fingerprint density at radius 2 is 1.73 bits per heavy atom. The third-order valence-electron chi connectivity index (χ3n) is 4.26. The van der Waals surface area contributed by atoms with E-state index in [1.807, 2.05) is 55.0 Å². The average molecular weight is 339 g/mol. The SMILES string of the molecule is c1cc2c[nH]c3ccc3occ3nncc3ccc3cncc3cc2n1. The predicted molar refractivity (Wildman–Crippen MR) is 101 cm³/mol. The number of nitrogens with one attached hydrogen (secondary N) is 1. The van der Waals surface area contributed by atoms with Crippen LogP contribution < -0.4 is 0 Å². The maximum Gasteiger partial charge on any atom is 0.150 e. The van der Waals surface area contributed by atoms with Gasteiger partial charge in [-0.25, -0.2) is 0 Å². The van der Waals surface area contributed by atoms with Gasteiger partial charge in [-0.3, -0.25) is 9.97 Å². The fourth-order valence-electron chi connectivity index (χ4n) is 2.76. The van der Waals surface area contributed by atoms with Crippen molar-refractivity contribution in [2.45, 2.75) is 0 Å². The van der Waals surface area contributed by atoms with Gasteiger partial charge >= 0.3 is 0 Å². The van der Waals surface area contributed by atoms with Crippen LogP contribution in [-0.2, 0) is 0 Å². The summed E-state index contributed by atoms with van der Waals surface area (Å²) in [5, 5.41) is 12.0. The molecule has 0 aliphatic carbocycles. The second kappa shape index (κ2) is 5.93. The van der Waals surface area contributed by atoms with Crippen LogP contribution in [0.4, 0.5) is 0 Å². The molecule has 6 heteroatoms. The normalized spacial score (nSPS) is 11.1. The molecule has 0 radical (unpaired) electrons. The number of fused-ring (bicyclic) bond motifs is 4. The predicted octanol–water partition coefficient (Wildman–Crippen LogP) is 4.49. The first kappa shape index (κ1) is 14.5. The number of rotatable bonds is 0. The van der Waals surface area contributed by atoms with Crippen LogP contribution in [0.2, 0.25) is 0 Å². The van der Waals surface area contributed by atoms with Gasteiger partial charge in [-0.1, -0.05) is 12.1 Å². The summed E-state index contributed by atoms with van der Waals surface area (Å²) >= 11 is 0. The molecular weight excluding hydrogens is 326 g/mol. The van der Waals surface area contributed by atoms with E-state index in [0.717, 1.165) is 38.2 Å². The summed E-state index contributed by atoms with van der Waals surface area (Å²) in [4.78, 5) is 12.0. The lowest BCUT2D eigenvalue weighted by Crippen LogP contribution is -1.75. The average Bonchev–Trinajstić information content (AvgIpc) is 3.34. The minimum Gasteiger partial charge on any atom is -0.460 e. The van der Waals surface area contributed by atoms with Crippen LogP contribution in [0.25, 0.3) is 43.7 Å². The van der Waals surface area contributed by atoms with Gasteiger partial charge in [0.05, 0.1) is 17.2 Å². The summed E-state index contributed by atoms with van der Waals surface area (Å²) in [5.74, 6) is 0. The van der Waals surface area contributed by atoms with Crippen molar-refractivity contribution in [2.24, 2.45) is 0 Å². The van der Waals surface area contributed by atoms with Gasteiger partial charge in [-0.15, -0.1) is 5.10 Å². The summed E-state index contributed by atoms with van der Waals surface area (Å²) in [7, 11) is 0. The third kappa shape index (κ3) is 2.53. The van der Waals surface area contributed by atoms with E-state index >= 15 is 0 Å². The summed E-state index contributed by atoms with van der Waals surface area (Å²) in [6.07, 6.45) is 10.7. The first-order valence-electron chi connectivity index (χ1n) is 8.12. The number of aromatic amines is 1. The molecule has 5 aromatic rings. The monoisotopic (exact) mass is 339 g/mol. The van der Waals surface area contributed by atoms with E-state index in [2.05, 4.69) is 25.1 Å². The molecule has 0 unspecified atom stereocenters. The zero-order valence-corrected chi connectivity index (χ0v) is 13.6. The van der Waals surface area contributed by atoms with E-state index in [9.17, 15) is 0 Å². The molecule has 0 atom stereocenters. The van der Waals surface area contributed by atoms with Gasteiger partial charge in [-0.2, -0.15) is 5.10 Å². The van der Waals surface area contributed by atoms with Gasteiger partial charge < -0.3 is 9.40 Å². The molecule has 4 heterocycles. The van der Waals surface area contributed by atoms with Crippen molar-refractivity contribution in [3.63, 3.8) is 0 Å². The maximum atomic E-state index is 5.74. The third-order valence-corrected chi connectivity index (χ3v) is 4.26. The molecule has 0 amide bonds. The first-order valence-corrected chi connectivity index (χ1v) is 8.12. The highest BCUT2D eigenvalue weighted by Crippen LogP contribution is 2.17. The standard InChI is InChI=1S/C20H13N5O/c1-2-14-11-24-25-19(14)12-26-20-4-3-17(20)23-10-15-5-6-22-18(15)7-16-9-21-8-13(1)16/h1-12,23H. The van der Waals surface area contributed by atoms with Crippen LogP contribution >= 0.6 is 0 Å². The first-order chi connectivity index (χ1) is 12.9. The minimum absolute atomic E-state index is 0.677. The zero-order valence-electron chi connectivity index (χ0n) is 13.6. The van der Waals surface area contributed by atoms with E-state index in [1.165, 1.54) is 0 Å². The van der Waals surface area contributed by atoms with Gasteiger partial charge in [0.2, 0.25) is 0 Å². The molecule has 4 aromatic heterocycles. The molecule has 0 aliphatic heterocycles. The number of hydrogen-bond donors (Lipinski definition) is 1. The molecule has 5 rings (SSSR count). The topological polar surface area (TPSA) is 80.5 Å². The zero-order chi connectivity index (χ0) is 17.3. The molecule has 0 bridgehead atoms. The lowest BCUT2D eigenvalue weighted by Gasteiger charge is -1.94. The Morgan fingerprint density at radius 3 is 2.65 bits per heavy atom. The van der Waals surface area contributed by atoms with Crippen LogP contribution in [0.3, 0.4) is 0 Å². The summed E-state index contributed by atoms with van der Waals surface area (Å²) < 4.78 is 5.74. The smallest absolute Gasteiger partial charge is 0.150 e. The number of hydrogen-bond acceptors (Lipinski definition) is 5. The Hall–Kier alpha value is -3.80. The Bertz CT molecular complexity index is 1350. The number of H-pyrrole nitrogens is 1. The van der Waals surface area contributed by atoms with Crippen LogP contribution in [0.5, 0.6) is 0 Å². The largest absolute Gasteiger partial charge is 0.460 e. The van der Waals surface area contributed by atoms with Crippen LogP contribution in [0.1, 0.15) is 0 Å². The fraction of sp³-hybridized carbons (Fsp3) is 0. The summed E-state index contributed by atoms with van der Waals surface area (Å²) in [5.41, 5.74) is 3.21. The van der Waals surface area contributed by atoms with E-state index < -0.39 is 0 Å². The van der Waals surface area contributed by atoms with Gasteiger partial charge in [0.25, 0.3) is 0 Å². The number of nitrogens with zero attached hydrogens (tertiary/aromatic N) is 4. The quantitative estimate of drug-likeness (QED) is 0.450. The highest BCUT2D eigenvalue weighted by atomic mass is 16.3. The second-order valence-corrected chi connectivity index (χ2v) is 5.90. The van der Waals surface area contributed by atoms with Gasteiger partial charge in [0.1, 0.15) is 17.4 Å². The van der Waals surface area contributed by atoms with Crippen molar-refractivity contribution in [1.29, 1.82) is 0 Å². The van der Waals surface area contributed by atoms with Crippen molar-refractivity contribution < 1.29 is 4.42 Å². The summed E-state index contributed by atoms with van der Waals surface area (Å²) in [6.45, 7) is 0. The number of aromatic nitrogens is 5. The minimum atomic E-state index is 0.677. The summed E-state index contributed by atoms with van der Waals surface area (Å²) in [6, 6.07) is 11.8. The Labute approximate surface area is 147 Å². The molecule has 0 saturated heterocycles. The van der Waals surface area contributed by atoms with Gasteiger partial charge in [-0.05, 0) is 24.3 Å². The van der Waals surface area contributed by atoms with Gasteiger partial charge in [0, 0.05) is 46.3 Å². The van der Waals surface area contributed by atoms with Crippen molar-refractivity contribution in [3.8, 4) is 0 Å². The van der Waals surface area contributed by atoms with Crippen LogP contribution in [0, 0.1) is 0 Å². The molecule has 0 saturated carbocycles. The van der Waals surface area contributed by atoms with E-state index in [-0.39, 0.29) is 0 Å². The van der Waals surface area contributed by atoms with Crippen molar-refractivity contribution in [1.82, 2.24) is 25.1 Å². The van der Waals surface area contributed by atoms with Crippen molar-refractivity contribution in [3.05, 3.63) is 73.6 Å². The molecule has 26 heavy (non-hydrogen) atoms. The van der Waals surface area contributed by atoms with E-state index in [0.29, 0.717) is 5.52 Å². The van der Waals surface area contributed by atoms with Crippen LogP contribution in [-0.4, -0.2) is 25.1 Å². The molecular formula is C20H13N5O. The molecule has 0 spiro atoms. The second-order valence-electron chi connectivity index (χ2n) is 5.90. The molecule has 1 aromatic carbocycles. The lowest BCUT2D eigenvalue weighted by atomic mass is 10.2. The lowest BCUT2D eigenvalue weighted by molar-refractivity contribution is 0.607. The van der Waals surface area contributed by atoms with Crippen LogP contribution in [0.15, 0.2) is 78.1 Å². The highest BCUT2D eigenvalue weighted by Gasteiger charge is 1.98. The molecule has 124 valence electrons. The maximum absolute atomic E-state index is 5.74. The molecule has 1 N–H and O–H groups in total. The van der Waals surface area contributed by atoms with Gasteiger partial charge in [0.15, 0.2) is 0 Å². The highest BCUT2D eigenvalue weighted by molar-refractivity contribution is 5.89. The van der Waals surface area contributed by atoms with E-state index in [1.54, 1.807) is 18.7 Å². The Kier molecular flexibility index (Phi) is 3.31. The Balaban J connectivity index is 1.92. The van der Waals surface area contributed by atoms with Crippen molar-refractivity contribution in [2.75, 3.05) is 0 Å². The van der Waals surface area contributed by atoms with Crippen molar-refractivity contribution >= 4 is 43.7 Å². The molecule has 0 fully saturated rings. The Morgan fingerprint density at radius 1 is 0.808 bits per heavy atom. The molecule has 0 aliphatic rings.